The van der Waals surface area contributed by atoms with Crippen molar-refractivity contribution in [1.82, 2.24) is 9.21 Å². The lowest BCUT2D eigenvalue weighted by Gasteiger charge is -2.34. The Morgan fingerprint density at radius 2 is 2.00 bits per heavy atom. The number of ether oxygens (including phenoxy) is 1. The van der Waals surface area contributed by atoms with Crippen LogP contribution in [0.2, 0.25) is 5.02 Å². The van der Waals surface area contributed by atoms with Gasteiger partial charge in [0.1, 0.15) is 10.6 Å². The van der Waals surface area contributed by atoms with E-state index in [1.807, 2.05) is 11.4 Å². The Morgan fingerprint density at radius 1 is 1.28 bits per heavy atom. The fourth-order valence-corrected chi connectivity index (χ4v) is 5.86. The number of nitrogens with zero attached hydrogens (tertiary/aromatic N) is 2. The molecule has 1 saturated heterocycles. The van der Waals surface area contributed by atoms with Gasteiger partial charge in [0.15, 0.2) is 6.10 Å². The van der Waals surface area contributed by atoms with E-state index in [0.717, 1.165) is 0 Å². The topological polar surface area (TPSA) is 96.0 Å². The molecular formula is C18H18ClN3O5S2. The predicted molar refractivity (Wildman–Crippen MR) is 109 cm³/mol. The normalized spacial score (nSPS) is 20.0. The van der Waals surface area contributed by atoms with Gasteiger partial charge in [0.2, 0.25) is 10.0 Å². The van der Waals surface area contributed by atoms with E-state index in [9.17, 15) is 18.0 Å². The summed E-state index contributed by atoms with van der Waals surface area (Å²) in [6, 6.07) is 6.28. The van der Waals surface area contributed by atoms with Gasteiger partial charge in [-0.2, -0.15) is 4.31 Å². The molecule has 0 aliphatic carbocycles. The zero-order valence-corrected chi connectivity index (χ0v) is 17.8. The van der Waals surface area contributed by atoms with Gasteiger partial charge in [-0.3, -0.25) is 9.59 Å². The Morgan fingerprint density at radius 3 is 2.66 bits per heavy atom. The first-order valence-corrected chi connectivity index (χ1v) is 11.6. The van der Waals surface area contributed by atoms with Crippen LogP contribution in [0, 0.1) is 0 Å². The Kier molecular flexibility index (Phi) is 5.28. The highest BCUT2D eigenvalue weighted by molar-refractivity contribution is 7.89. The van der Waals surface area contributed by atoms with Crippen LogP contribution in [-0.2, 0) is 14.8 Å². The largest absolute Gasteiger partial charge is 0.479 e. The highest BCUT2D eigenvalue weighted by atomic mass is 35.5. The third-order valence-electron chi connectivity index (χ3n) is 4.84. The first-order valence-electron chi connectivity index (χ1n) is 8.91. The van der Waals surface area contributed by atoms with Gasteiger partial charge in [-0.1, -0.05) is 17.7 Å². The van der Waals surface area contributed by atoms with Crippen LogP contribution in [0.5, 0.6) is 5.75 Å². The minimum Gasteiger partial charge on any atom is -0.479 e. The van der Waals surface area contributed by atoms with E-state index in [0.29, 0.717) is 23.7 Å². The summed E-state index contributed by atoms with van der Waals surface area (Å²) in [5, 5.41) is 4.47. The second kappa shape index (κ2) is 7.60. The zero-order chi connectivity index (χ0) is 20.8. The summed E-state index contributed by atoms with van der Waals surface area (Å²) in [6.07, 6.45) is -0.731. The van der Waals surface area contributed by atoms with Gasteiger partial charge in [0.05, 0.1) is 15.6 Å². The van der Waals surface area contributed by atoms with Crippen LogP contribution in [0.1, 0.15) is 16.6 Å². The zero-order valence-electron chi connectivity index (χ0n) is 15.4. The van der Waals surface area contributed by atoms with Gasteiger partial charge in [-0.25, -0.2) is 8.42 Å². The number of piperazine rings is 1. The van der Waals surface area contributed by atoms with Crippen molar-refractivity contribution < 1.29 is 22.7 Å². The highest BCUT2D eigenvalue weighted by Crippen LogP contribution is 2.38. The second-order valence-corrected chi connectivity index (χ2v) is 9.96. The van der Waals surface area contributed by atoms with Crippen LogP contribution in [0.4, 0.5) is 5.69 Å². The third kappa shape index (κ3) is 3.73. The van der Waals surface area contributed by atoms with E-state index in [1.165, 1.54) is 27.8 Å². The van der Waals surface area contributed by atoms with Crippen LogP contribution >= 0.6 is 22.9 Å². The van der Waals surface area contributed by atoms with Crippen molar-refractivity contribution in [2.24, 2.45) is 0 Å². The Hall–Kier alpha value is -2.14. The smallest absolute Gasteiger partial charge is 0.265 e. The molecule has 0 radical (unpaired) electrons. The molecule has 154 valence electrons. The summed E-state index contributed by atoms with van der Waals surface area (Å²) in [7, 11) is -3.89. The van der Waals surface area contributed by atoms with E-state index in [2.05, 4.69) is 5.32 Å². The molecule has 2 aliphatic heterocycles. The average Bonchev–Trinajstić information content (AvgIpc) is 3.23. The molecule has 4 rings (SSSR count). The fourth-order valence-electron chi connectivity index (χ4n) is 3.23. The number of carbonyl (C=O) groups is 2. The Bertz CT molecular complexity index is 1060. The van der Waals surface area contributed by atoms with Crippen LogP contribution < -0.4 is 10.1 Å². The van der Waals surface area contributed by atoms with Crippen molar-refractivity contribution in [3.05, 3.63) is 39.5 Å². The number of fused-ring (bicyclic) bond motifs is 1. The molecule has 1 aromatic heterocycles. The predicted octanol–water partition coefficient (Wildman–Crippen LogP) is 2.27. The van der Waals surface area contributed by atoms with E-state index >= 15 is 0 Å². The number of sulfonamides is 1. The number of thiophene rings is 1. The first kappa shape index (κ1) is 20.1. The first-order chi connectivity index (χ1) is 13.8. The molecule has 11 heteroatoms. The molecule has 1 aromatic carbocycles. The van der Waals surface area contributed by atoms with Gasteiger partial charge < -0.3 is 15.0 Å². The summed E-state index contributed by atoms with van der Waals surface area (Å²) in [4.78, 5) is 26.4. The molecule has 2 aliphatic rings. The molecule has 2 aromatic rings. The highest BCUT2D eigenvalue weighted by Gasteiger charge is 2.34. The van der Waals surface area contributed by atoms with E-state index in [1.54, 1.807) is 17.9 Å². The van der Waals surface area contributed by atoms with Gasteiger partial charge in [-0.05, 0) is 24.4 Å². The molecule has 3 heterocycles. The molecule has 2 amide bonds. The number of nitrogens with one attached hydrogen (secondary N) is 1. The summed E-state index contributed by atoms with van der Waals surface area (Å²) in [5.41, 5.74) is 0.336. The maximum absolute atomic E-state index is 13.1. The lowest BCUT2D eigenvalue weighted by molar-refractivity contribution is -0.122. The second-order valence-electron chi connectivity index (χ2n) is 6.70. The van der Waals surface area contributed by atoms with Crippen LogP contribution in [-0.4, -0.2) is 61.7 Å². The molecule has 0 saturated carbocycles. The molecule has 1 N–H and O–H groups in total. The van der Waals surface area contributed by atoms with Gasteiger partial charge >= 0.3 is 0 Å². The number of amides is 2. The molecular weight excluding hydrogens is 438 g/mol. The minimum absolute atomic E-state index is 0.000653. The summed E-state index contributed by atoms with van der Waals surface area (Å²) in [6.45, 7) is 2.50. The fraction of sp³-hybridized carbons (Fsp3) is 0.333. The van der Waals surface area contributed by atoms with Gasteiger partial charge in [0, 0.05) is 32.2 Å². The quantitative estimate of drug-likeness (QED) is 0.765. The van der Waals surface area contributed by atoms with Crippen LogP contribution in [0.25, 0.3) is 0 Å². The van der Waals surface area contributed by atoms with Crippen molar-refractivity contribution in [2.75, 3.05) is 31.5 Å². The number of rotatable bonds is 3. The van der Waals surface area contributed by atoms with Crippen molar-refractivity contribution in [2.45, 2.75) is 17.9 Å². The van der Waals surface area contributed by atoms with Crippen molar-refractivity contribution in [1.29, 1.82) is 0 Å². The van der Waals surface area contributed by atoms with E-state index < -0.39 is 16.1 Å². The lowest BCUT2D eigenvalue weighted by Crippen LogP contribution is -2.50. The number of benzene rings is 1. The maximum Gasteiger partial charge on any atom is 0.265 e. The van der Waals surface area contributed by atoms with E-state index in [-0.39, 0.29) is 40.6 Å². The molecule has 29 heavy (non-hydrogen) atoms. The standard InChI is InChI=1S/C18H18ClN3O5S2/c1-11-17(23)20-13-9-12(19)16(10-14(13)27-11)29(25,26)22-6-4-21(5-7-22)18(24)15-3-2-8-28-15/h2-3,8-11H,4-7H2,1H3,(H,20,23). The summed E-state index contributed by atoms with van der Waals surface area (Å²) >= 11 is 7.58. The lowest BCUT2D eigenvalue weighted by atomic mass is 10.2. The maximum atomic E-state index is 13.1. The van der Waals surface area contributed by atoms with Crippen molar-refractivity contribution >= 4 is 50.5 Å². The van der Waals surface area contributed by atoms with Gasteiger partial charge in [0.25, 0.3) is 11.8 Å². The van der Waals surface area contributed by atoms with Crippen molar-refractivity contribution in [3.8, 4) is 5.75 Å². The SMILES string of the molecule is CC1Oc2cc(S(=O)(=O)N3CCN(C(=O)c4cccs4)CC3)c(Cl)cc2NC1=O. The number of hydrogen-bond donors (Lipinski definition) is 1. The molecule has 8 nitrogen and oxygen atoms in total. The molecule has 1 fully saturated rings. The molecule has 0 bridgehead atoms. The average molecular weight is 456 g/mol. The molecule has 0 spiro atoms. The molecule has 1 atom stereocenters. The van der Waals surface area contributed by atoms with Gasteiger partial charge in [-0.15, -0.1) is 11.3 Å². The number of hydrogen-bond acceptors (Lipinski definition) is 6. The van der Waals surface area contributed by atoms with Crippen LogP contribution in [0.15, 0.2) is 34.5 Å². The summed E-state index contributed by atoms with van der Waals surface area (Å²) in [5.74, 6) is -0.163. The number of anilines is 1. The van der Waals surface area contributed by atoms with E-state index in [4.69, 9.17) is 16.3 Å². The minimum atomic E-state index is -3.89. The Balaban J connectivity index is 1.53. The number of halogens is 1. The number of carbonyl (C=O) groups excluding carboxylic acids is 2. The third-order valence-corrected chi connectivity index (χ3v) is 8.06. The molecule has 1 unspecified atom stereocenters. The Labute approximate surface area is 177 Å². The van der Waals surface area contributed by atoms with Crippen LogP contribution in [0.3, 0.4) is 0 Å². The summed E-state index contributed by atoms with van der Waals surface area (Å²) < 4.78 is 33.1. The monoisotopic (exact) mass is 455 g/mol. The van der Waals surface area contributed by atoms with Crippen molar-refractivity contribution in [3.63, 3.8) is 0 Å².